The highest BCUT2D eigenvalue weighted by Crippen LogP contribution is 2.23. The fourth-order valence-electron chi connectivity index (χ4n) is 2.45. The van der Waals surface area contributed by atoms with Crippen LogP contribution >= 0.6 is 0 Å². The highest BCUT2D eigenvalue weighted by molar-refractivity contribution is 5.47. The molecule has 1 rings (SSSR count). The summed E-state index contributed by atoms with van der Waals surface area (Å²) in [5, 5.41) is 3.46. The standard InChI is InChI=1S/C17H30N2/c1-5-6-7-8-9-13-17(18-2)15-11-10-12-16(14-15)19(3)4/h10-12,14,17-18H,5-9,13H2,1-4H3. The van der Waals surface area contributed by atoms with Gasteiger partial charge in [0.15, 0.2) is 0 Å². The minimum absolute atomic E-state index is 0.488. The van der Waals surface area contributed by atoms with Crippen molar-refractivity contribution >= 4 is 5.69 Å². The first-order chi connectivity index (χ1) is 9.19. The second kappa shape index (κ2) is 8.98. The van der Waals surface area contributed by atoms with E-state index in [2.05, 4.69) is 62.5 Å². The van der Waals surface area contributed by atoms with E-state index in [-0.39, 0.29) is 0 Å². The molecular weight excluding hydrogens is 232 g/mol. The second-order valence-corrected chi connectivity index (χ2v) is 5.53. The molecule has 0 aliphatic rings. The number of benzene rings is 1. The van der Waals surface area contributed by atoms with Crippen LogP contribution in [0, 0.1) is 0 Å². The van der Waals surface area contributed by atoms with Crippen LogP contribution < -0.4 is 10.2 Å². The van der Waals surface area contributed by atoms with Gasteiger partial charge in [0, 0.05) is 25.8 Å². The van der Waals surface area contributed by atoms with Gasteiger partial charge in [0.1, 0.15) is 0 Å². The van der Waals surface area contributed by atoms with E-state index in [4.69, 9.17) is 0 Å². The first-order valence-electron chi connectivity index (χ1n) is 7.63. The normalized spacial score (nSPS) is 12.4. The maximum Gasteiger partial charge on any atom is 0.0364 e. The molecule has 0 aliphatic heterocycles. The number of unbranched alkanes of at least 4 members (excludes halogenated alkanes) is 4. The van der Waals surface area contributed by atoms with Gasteiger partial charge in [-0.25, -0.2) is 0 Å². The van der Waals surface area contributed by atoms with Crippen LogP contribution in [0.15, 0.2) is 24.3 Å². The Kier molecular flexibility index (Phi) is 7.57. The van der Waals surface area contributed by atoms with Gasteiger partial charge in [0.25, 0.3) is 0 Å². The second-order valence-electron chi connectivity index (χ2n) is 5.53. The Labute approximate surface area is 119 Å². The molecule has 1 atom stereocenters. The van der Waals surface area contributed by atoms with E-state index in [1.807, 2.05) is 0 Å². The fraction of sp³-hybridized carbons (Fsp3) is 0.647. The van der Waals surface area contributed by atoms with Crippen molar-refractivity contribution in [2.24, 2.45) is 0 Å². The Morgan fingerprint density at radius 2 is 1.84 bits per heavy atom. The molecule has 0 spiro atoms. The monoisotopic (exact) mass is 262 g/mol. The minimum atomic E-state index is 0.488. The molecule has 2 heteroatoms. The Morgan fingerprint density at radius 3 is 2.47 bits per heavy atom. The summed E-state index contributed by atoms with van der Waals surface area (Å²) in [5.74, 6) is 0. The molecule has 108 valence electrons. The highest BCUT2D eigenvalue weighted by Gasteiger charge is 2.09. The third kappa shape index (κ3) is 5.65. The summed E-state index contributed by atoms with van der Waals surface area (Å²) in [4.78, 5) is 2.16. The van der Waals surface area contributed by atoms with Crippen molar-refractivity contribution in [3.05, 3.63) is 29.8 Å². The number of anilines is 1. The third-order valence-electron chi connectivity index (χ3n) is 3.73. The Hall–Kier alpha value is -1.02. The summed E-state index contributed by atoms with van der Waals surface area (Å²) in [6.07, 6.45) is 7.99. The summed E-state index contributed by atoms with van der Waals surface area (Å²) in [6, 6.07) is 9.35. The van der Waals surface area contributed by atoms with Gasteiger partial charge >= 0.3 is 0 Å². The van der Waals surface area contributed by atoms with Gasteiger partial charge in [-0.3, -0.25) is 0 Å². The molecule has 0 aliphatic carbocycles. The quantitative estimate of drug-likeness (QED) is 0.665. The lowest BCUT2D eigenvalue weighted by Crippen LogP contribution is -2.17. The van der Waals surface area contributed by atoms with Crippen molar-refractivity contribution < 1.29 is 0 Å². The van der Waals surface area contributed by atoms with Crippen LogP contribution in [-0.4, -0.2) is 21.1 Å². The van der Waals surface area contributed by atoms with Gasteiger partial charge < -0.3 is 10.2 Å². The molecule has 0 saturated heterocycles. The summed E-state index contributed by atoms with van der Waals surface area (Å²) < 4.78 is 0. The van der Waals surface area contributed by atoms with Crippen LogP contribution in [0.3, 0.4) is 0 Å². The van der Waals surface area contributed by atoms with Crippen LogP contribution in [-0.2, 0) is 0 Å². The van der Waals surface area contributed by atoms with Crippen molar-refractivity contribution in [1.29, 1.82) is 0 Å². The van der Waals surface area contributed by atoms with Crippen LogP contribution in [0.4, 0.5) is 5.69 Å². The summed E-state index contributed by atoms with van der Waals surface area (Å²) in [6.45, 7) is 2.27. The van der Waals surface area contributed by atoms with Crippen LogP contribution in [0.5, 0.6) is 0 Å². The smallest absolute Gasteiger partial charge is 0.0364 e. The molecule has 2 nitrogen and oxygen atoms in total. The first-order valence-corrected chi connectivity index (χ1v) is 7.63. The number of rotatable bonds is 9. The van der Waals surface area contributed by atoms with E-state index >= 15 is 0 Å². The average molecular weight is 262 g/mol. The first kappa shape index (κ1) is 16.0. The Bertz CT molecular complexity index is 347. The van der Waals surface area contributed by atoms with Gasteiger partial charge in [-0.2, -0.15) is 0 Å². The maximum atomic E-state index is 3.46. The Morgan fingerprint density at radius 1 is 1.11 bits per heavy atom. The molecule has 1 aromatic carbocycles. The van der Waals surface area contributed by atoms with E-state index in [1.165, 1.54) is 49.8 Å². The van der Waals surface area contributed by atoms with Crippen molar-refractivity contribution in [2.45, 2.75) is 51.5 Å². The zero-order chi connectivity index (χ0) is 14.1. The van der Waals surface area contributed by atoms with Gasteiger partial charge in [-0.05, 0) is 31.2 Å². The number of hydrogen-bond donors (Lipinski definition) is 1. The summed E-state index contributed by atoms with van der Waals surface area (Å²) >= 11 is 0. The molecule has 0 fully saturated rings. The lowest BCUT2D eigenvalue weighted by Gasteiger charge is -2.19. The molecule has 1 N–H and O–H groups in total. The van der Waals surface area contributed by atoms with E-state index in [1.54, 1.807) is 0 Å². The minimum Gasteiger partial charge on any atom is -0.378 e. The zero-order valence-electron chi connectivity index (χ0n) is 13.1. The molecular formula is C17H30N2. The number of nitrogens with one attached hydrogen (secondary N) is 1. The van der Waals surface area contributed by atoms with E-state index < -0.39 is 0 Å². The highest BCUT2D eigenvalue weighted by atomic mass is 15.1. The Balaban J connectivity index is 2.51. The van der Waals surface area contributed by atoms with Crippen molar-refractivity contribution in [3.8, 4) is 0 Å². The van der Waals surface area contributed by atoms with E-state index in [9.17, 15) is 0 Å². The topological polar surface area (TPSA) is 15.3 Å². The fourth-order valence-corrected chi connectivity index (χ4v) is 2.45. The zero-order valence-corrected chi connectivity index (χ0v) is 13.1. The predicted molar refractivity (Wildman–Crippen MR) is 85.9 cm³/mol. The molecule has 0 saturated carbocycles. The largest absolute Gasteiger partial charge is 0.378 e. The molecule has 0 heterocycles. The van der Waals surface area contributed by atoms with Crippen LogP contribution in [0.1, 0.15) is 57.1 Å². The van der Waals surface area contributed by atoms with Gasteiger partial charge in [-0.1, -0.05) is 51.2 Å². The predicted octanol–water partition coefficient (Wildman–Crippen LogP) is 4.37. The molecule has 0 radical (unpaired) electrons. The molecule has 0 bridgehead atoms. The molecule has 1 aromatic rings. The summed E-state index contributed by atoms with van der Waals surface area (Å²) in [5.41, 5.74) is 2.69. The van der Waals surface area contributed by atoms with Crippen molar-refractivity contribution in [1.82, 2.24) is 5.32 Å². The van der Waals surface area contributed by atoms with Gasteiger partial charge in [0.05, 0.1) is 0 Å². The molecule has 19 heavy (non-hydrogen) atoms. The average Bonchev–Trinajstić information content (AvgIpc) is 2.43. The summed E-state index contributed by atoms with van der Waals surface area (Å²) in [7, 11) is 6.26. The van der Waals surface area contributed by atoms with Gasteiger partial charge in [0.2, 0.25) is 0 Å². The SMILES string of the molecule is CCCCCCCC(NC)c1cccc(N(C)C)c1. The lowest BCUT2D eigenvalue weighted by molar-refractivity contribution is 0.501. The van der Waals surface area contributed by atoms with Crippen molar-refractivity contribution in [2.75, 3.05) is 26.0 Å². The molecule has 0 aromatic heterocycles. The van der Waals surface area contributed by atoms with E-state index in [0.29, 0.717) is 6.04 Å². The van der Waals surface area contributed by atoms with E-state index in [0.717, 1.165) is 0 Å². The van der Waals surface area contributed by atoms with Crippen LogP contribution in [0.2, 0.25) is 0 Å². The third-order valence-corrected chi connectivity index (χ3v) is 3.73. The van der Waals surface area contributed by atoms with Gasteiger partial charge in [-0.15, -0.1) is 0 Å². The van der Waals surface area contributed by atoms with Crippen molar-refractivity contribution in [3.63, 3.8) is 0 Å². The molecule has 1 unspecified atom stereocenters. The molecule has 0 amide bonds. The lowest BCUT2D eigenvalue weighted by atomic mass is 9.99. The number of nitrogens with zero attached hydrogens (tertiary/aromatic N) is 1. The number of hydrogen-bond acceptors (Lipinski definition) is 2. The van der Waals surface area contributed by atoms with Crippen LogP contribution in [0.25, 0.3) is 0 Å². The maximum absolute atomic E-state index is 3.46.